The maximum Gasteiger partial charge on any atom is 0.254 e. The Morgan fingerprint density at radius 2 is 1.58 bits per heavy atom. The minimum absolute atomic E-state index is 0.0658. The van der Waals surface area contributed by atoms with Crippen molar-refractivity contribution < 1.29 is 19.4 Å². The highest BCUT2D eigenvalue weighted by Crippen LogP contribution is 2.36. The average molecular weight is 355 g/mol. The summed E-state index contributed by atoms with van der Waals surface area (Å²) in [6.07, 6.45) is 1.64. The summed E-state index contributed by atoms with van der Waals surface area (Å²) in [5.74, 6) is 1.39. The zero-order chi connectivity index (χ0) is 18.7. The van der Waals surface area contributed by atoms with Crippen LogP contribution in [0.25, 0.3) is 0 Å². The van der Waals surface area contributed by atoms with Crippen molar-refractivity contribution >= 4 is 5.91 Å². The number of methoxy groups -OCH3 is 2. The Balaban J connectivity index is 1.84. The number of hydrogen-bond acceptors (Lipinski definition) is 4. The molecule has 0 bridgehead atoms. The van der Waals surface area contributed by atoms with Crippen molar-refractivity contribution in [3.63, 3.8) is 0 Å². The summed E-state index contributed by atoms with van der Waals surface area (Å²) in [6.45, 7) is 2.42. The predicted molar refractivity (Wildman–Crippen MR) is 99.6 cm³/mol. The predicted octanol–water partition coefficient (Wildman–Crippen LogP) is 3.22. The summed E-state index contributed by atoms with van der Waals surface area (Å²) in [5.41, 5.74) is 0.242. The van der Waals surface area contributed by atoms with Gasteiger partial charge >= 0.3 is 0 Å². The third-order valence-electron chi connectivity index (χ3n) is 5.17. The van der Waals surface area contributed by atoms with Gasteiger partial charge in [0.2, 0.25) is 0 Å². The summed E-state index contributed by atoms with van der Waals surface area (Å²) >= 11 is 0. The lowest BCUT2D eigenvalue weighted by Crippen LogP contribution is -2.48. The number of hydrogen-bond donors (Lipinski definition) is 1. The number of likely N-dealkylation sites (tertiary alicyclic amines) is 1. The molecule has 1 aliphatic rings. The van der Waals surface area contributed by atoms with Gasteiger partial charge in [-0.05, 0) is 61.7 Å². The SMILES string of the molecule is COc1ccc(C(=O)N2CCC[C@H]2[C@](C)(O)c2ccc(OC)cc2)cc1. The Bertz CT molecular complexity index is 753. The van der Waals surface area contributed by atoms with E-state index in [1.165, 1.54) is 0 Å². The van der Waals surface area contributed by atoms with E-state index in [4.69, 9.17) is 9.47 Å². The maximum atomic E-state index is 13.0. The van der Waals surface area contributed by atoms with Crippen LogP contribution in [-0.2, 0) is 5.60 Å². The Morgan fingerprint density at radius 1 is 1.04 bits per heavy atom. The summed E-state index contributed by atoms with van der Waals surface area (Å²) in [7, 11) is 3.21. The van der Waals surface area contributed by atoms with Crippen LogP contribution in [0.2, 0.25) is 0 Å². The van der Waals surface area contributed by atoms with Crippen LogP contribution in [0.15, 0.2) is 48.5 Å². The molecule has 1 amide bonds. The quantitative estimate of drug-likeness (QED) is 0.895. The van der Waals surface area contributed by atoms with Crippen molar-refractivity contribution in [1.82, 2.24) is 4.90 Å². The molecule has 0 spiro atoms. The molecular formula is C21H25NO4. The molecule has 1 heterocycles. The van der Waals surface area contributed by atoms with E-state index in [2.05, 4.69) is 0 Å². The second-order valence-corrected chi connectivity index (χ2v) is 6.76. The molecule has 0 aliphatic carbocycles. The van der Waals surface area contributed by atoms with Crippen molar-refractivity contribution in [2.75, 3.05) is 20.8 Å². The number of carbonyl (C=O) groups excluding carboxylic acids is 1. The van der Waals surface area contributed by atoms with E-state index in [0.717, 1.165) is 24.2 Å². The van der Waals surface area contributed by atoms with E-state index in [9.17, 15) is 9.90 Å². The van der Waals surface area contributed by atoms with E-state index in [0.29, 0.717) is 17.9 Å². The van der Waals surface area contributed by atoms with Crippen LogP contribution in [-0.4, -0.2) is 42.7 Å². The molecule has 1 saturated heterocycles. The number of benzene rings is 2. The summed E-state index contributed by atoms with van der Waals surface area (Å²) in [4.78, 5) is 14.8. The fourth-order valence-electron chi connectivity index (χ4n) is 3.61. The number of rotatable bonds is 5. The first kappa shape index (κ1) is 18.3. The Kier molecular flexibility index (Phi) is 5.18. The standard InChI is InChI=1S/C21H25NO4/c1-21(24,16-8-12-18(26-3)13-9-16)19-5-4-14-22(19)20(23)15-6-10-17(25-2)11-7-15/h6-13,19,24H,4-5,14H2,1-3H3/t19-,21+/m0/s1. The summed E-state index contributed by atoms with van der Waals surface area (Å²) < 4.78 is 10.3. The monoisotopic (exact) mass is 355 g/mol. The van der Waals surface area contributed by atoms with Crippen LogP contribution in [0, 0.1) is 0 Å². The number of amides is 1. The number of ether oxygens (including phenoxy) is 2. The van der Waals surface area contributed by atoms with Gasteiger partial charge in [0.05, 0.1) is 20.3 Å². The molecule has 1 N–H and O–H groups in total. The third kappa shape index (κ3) is 3.40. The topological polar surface area (TPSA) is 59.0 Å². The fourth-order valence-corrected chi connectivity index (χ4v) is 3.61. The van der Waals surface area contributed by atoms with Gasteiger partial charge in [-0.1, -0.05) is 12.1 Å². The van der Waals surface area contributed by atoms with Gasteiger partial charge in [0.25, 0.3) is 5.91 Å². The highest BCUT2D eigenvalue weighted by atomic mass is 16.5. The van der Waals surface area contributed by atoms with Gasteiger partial charge in [0.15, 0.2) is 0 Å². The smallest absolute Gasteiger partial charge is 0.254 e. The molecule has 138 valence electrons. The fraction of sp³-hybridized carbons (Fsp3) is 0.381. The van der Waals surface area contributed by atoms with E-state index in [1.807, 2.05) is 24.3 Å². The van der Waals surface area contributed by atoms with Crippen molar-refractivity contribution in [2.24, 2.45) is 0 Å². The van der Waals surface area contributed by atoms with Crippen molar-refractivity contribution in [3.05, 3.63) is 59.7 Å². The molecule has 5 heteroatoms. The largest absolute Gasteiger partial charge is 0.497 e. The van der Waals surface area contributed by atoms with Gasteiger partial charge in [-0.2, -0.15) is 0 Å². The van der Waals surface area contributed by atoms with Gasteiger partial charge in [-0.3, -0.25) is 4.79 Å². The molecule has 0 radical (unpaired) electrons. The lowest BCUT2D eigenvalue weighted by molar-refractivity contribution is -0.0177. The second kappa shape index (κ2) is 7.38. The van der Waals surface area contributed by atoms with Crippen molar-refractivity contribution in [1.29, 1.82) is 0 Å². The zero-order valence-electron chi connectivity index (χ0n) is 15.4. The molecule has 1 fully saturated rings. The molecule has 2 aromatic rings. The first-order valence-electron chi connectivity index (χ1n) is 8.79. The molecule has 2 atom stereocenters. The lowest BCUT2D eigenvalue weighted by atomic mass is 9.86. The normalized spacial score (nSPS) is 19.1. The van der Waals surface area contributed by atoms with Crippen molar-refractivity contribution in [2.45, 2.75) is 31.4 Å². The molecule has 5 nitrogen and oxygen atoms in total. The van der Waals surface area contributed by atoms with Crippen LogP contribution >= 0.6 is 0 Å². The molecular weight excluding hydrogens is 330 g/mol. The summed E-state index contributed by atoms with van der Waals surface area (Å²) in [5, 5.41) is 11.2. The van der Waals surface area contributed by atoms with E-state index in [1.54, 1.807) is 50.3 Å². The Morgan fingerprint density at radius 3 is 2.12 bits per heavy atom. The minimum Gasteiger partial charge on any atom is -0.497 e. The van der Waals surface area contributed by atoms with Gasteiger partial charge in [-0.15, -0.1) is 0 Å². The van der Waals surface area contributed by atoms with Gasteiger partial charge in [0.1, 0.15) is 17.1 Å². The van der Waals surface area contributed by atoms with E-state index >= 15 is 0 Å². The Hall–Kier alpha value is -2.53. The number of aliphatic hydroxyl groups is 1. The number of nitrogens with zero attached hydrogens (tertiary/aromatic N) is 1. The van der Waals surface area contributed by atoms with Crippen LogP contribution < -0.4 is 9.47 Å². The van der Waals surface area contributed by atoms with E-state index < -0.39 is 5.60 Å². The molecule has 0 unspecified atom stereocenters. The highest BCUT2D eigenvalue weighted by molar-refractivity contribution is 5.94. The third-order valence-corrected chi connectivity index (χ3v) is 5.17. The second-order valence-electron chi connectivity index (χ2n) is 6.76. The number of carbonyl (C=O) groups is 1. The first-order valence-corrected chi connectivity index (χ1v) is 8.79. The molecule has 0 saturated carbocycles. The maximum absolute atomic E-state index is 13.0. The minimum atomic E-state index is -1.13. The summed E-state index contributed by atoms with van der Waals surface area (Å²) in [6, 6.07) is 14.2. The molecule has 3 rings (SSSR count). The lowest BCUT2D eigenvalue weighted by Gasteiger charge is -2.37. The molecule has 1 aliphatic heterocycles. The van der Waals surface area contributed by atoms with Crippen LogP contribution in [0.1, 0.15) is 35.7 Å². The highest BCUT2D eigenvalue weighted by Gasteiger charge is 2.42. The van der Waals surface area contributed by atoms with E-state index in [-0.39, 0.29) is 11.9 Å². The van der Waals surface area contributed by atoms with Crippen LogP contribution in [0.4, 0.5) is 0 Å². The van der Waals surface area contributed by atoms with Crippen LogP contribution in [0.3, 0.4) is 0 Å². The molecule has 2 aromatic carbocycles. The Labute approximate surface area is 154 Å². The average Bonchev–Trinajstić information content (AvgIpc) is 3.18. The zero-order valence-corrected chi connectivity index (χ0v) is 15.4. The first-order chi connectivity index (χ1) is 12.5. The molecule has 0 aromatic heterocycles. The molecule has 26 heavy (non-hydrogen) atoms. The van der Waals surface area contributed by atoms with Gasteiger partial charge in [-0.25, -0.2) is 0 Å². The van der Waals surface area contributed by atoms with Gasteiger partial charge < -0.3 is 19.5 Å². The van der Waals surface area contributed by atoms with Crippen molar-refractivity contribution in [3.8, 4) is 11.5 Å². The van der Waals surface area contributed by atoms with Crippen LogP contribution in [0.5, 0.6) is 11.5 Å². The van der Waals surface area contributed by atoms with Gasteiger partial charge in [0, 0.05) is 12.1 Å².